The van der Waals surface area contributed by atoms with Gasteiger partial charge in [-0.05, 0) is 41.0 Å². The van der Waals surface area contributed by atoms with Gasteiger partial charge in [-0.1, -0.05) is 45.7 Å². The quantitative estimate of drug-likeness (QED) is 0.733. The van der Waals surface area contributed by atoms with Crippen LogP contribution >= 0.6 is 27.5 Å². The van der Waals surface area contributed by atoms with Crippen LogP contribution < -0.4 is 0 Å². The summed E-state index contributed by atoms with van der Waals surface area (Å²) in [4.78, 5) is 0. The van der Waals surface area contributed by atoms with Crippen molar-refractivity contribution >= 4 is 27.5 Å². The Morgan fingerprint density at radius 3 is 2.53 bits per heavy atom. The molecule has 0 spiro atoms. The summed E-state index contributed by atoms with van der Waals surface area (Å²) >= 11 is 9.36. The van der Waals surface area contributed by atoms with E-state index in [2.05, 4.69) is 22.0 Å². The van der Waals surface area contributed by atoms with E-state index in [0.29, 0.717) is 15.9 Å². The van der Waals surface area contributed by atoms with Crippen LogP contribution in [0, 0.1) is 11.3 Å². The zero-order valence-electron chi connectivity index (χ0n) is 8.95. The van der Waals surface area contributed by atoms with Gasteiger partial charge < -0.3 is 0 Å². The molecule has 0 radical (unpaired) electrons. The molecule has 2 aromatic carbocycles. The summed E-state index contributed by atoms with van der Waals surface area (Å²) in [6.45, 7) is 0. The SMILES string of the molecule is N#Cc1ccc(-c2cccc(Cl)c2)cc1CBr. The fourth-order valence-corrected chi connectivity index (χ4v) is 2.32. The average Bonchev–Trinajstić information content (AvgIpc) is 2.38. The maximum atomic E-state index is 8.96. The van der Waals surface area contributed by atoms with Crippen LogP contribution in [0.25, 0.3) is 11.1 Å². The number of alkyl halides is 1. The molecule has 0 amide bonds. The fourth-order valence-electron chi connectivity index (χ4n) is 1.66. The summed E-state index contributed by atoms with van der Waals surface area (Å²) in [6.07, 6.45) is 0. The van der Waals surface area contributed by atoms with Gasteiger partial charge in [0.2, 0.25) is 0 Å². The number of hydrogen-bond donors (Lipinski definition) is 0. The van der Waals surface area contributed by atoms with Crippen molar-refractivity contribution in [3.05, 3.63) is 58.6 Å². The number of benzene rings is 2. The van der Waals surface area contributed by atoms with Gasteiger partial charge >= 0.3 is 0 Å². The van der Waals surface area contributed by atoms with E-state index in [4.69, 9.17) is 16.9 Å². The Morgan fingerprint density at radius 1 is 1.12 bits per heavy atom. The number of nitrogens with zero attached hydrogens (tertiary/aromatic N) is 1. The Bertz CT molecular complexity index is 587. The van der Waals surface area contributed by atoms with E-state index < -0.39 is 0 Å². The Morgan fingerprint density at radius 2 is 1.88 bits per heavy atom. The first-order chi connectivity index (χ1) is 8.24. The van der Waals surface area contributed by atoms with Crippen molar-refractivity contribution in [2.45, 2.75) is 5.33 Å². The van der Waals surface area contributed by atoms with Crippen LogP contribution in [0.3, 0.4) is 0 Å². The summed E-state index contributed by atoms with van der Waals surface area (Å²) in [7, 11) is 0. The van der Waals surface area contributed by atoms with E-state index in [0.717, 1.165) is 16.7 Å². The zero-order valence-corrected chi connectivity index (χ0v) is 11.3. The minimum absolute atomic E-state index is 0.671. The Hall–Kier alpha value is -1.30. The molecule has 0 N–H and O–H groups in total. The van der Waals surface area contributed by atoms with Gasteiger partial charge in [-0.2, -0.15) is 5.26 Å². The van der Waals surface area contributed by atoms with E-state index in [-0.39, 0.29) is 0 Å². The minimum Gasteiger partial charge on any atom is -0.192 e. The van der Waals surface area contributed by atoms with Crippen molar-refractivity contribution in [2.75, 3.05) is 0 Å². The second kappa shape index (κ2) is 5.35. The van der Waals surface area contributed by atoms with Crippen LogP contribution in [0.4, 0.5) is 0 Å². The minimum atomic E-state index is 0.671. The number of hydrogen-bond acceptors (Lipinski definition) is 1. The predicted octanol–water partition coefficient (Wildman–Crippen LogP) is 4.77. The van der Waals surface area contributed by atoms with Crippen molar-refractivity contribution in [3.8, 4) is 17.2 Å². The second-order valence-corrected chi connectivity index (χ2v) is 4.62. The summed E-state index contributed by atoms with van der Waals surface area (Å²) in [5, 5.41) is 10.3. The van der Waals surface area contributed by atoms with Crippen molar-refractivity contribution in [1.82, 2.24) is 0 Å². The largest absolute Gasteiger partial charge is 0.192 e. The van der Waals surface area contributed by atoms with Crippen molar-refractivity contribution in [2.24, 2.45) is 0 Å². The van der Waals surface area contributed by atoms with Gasteiger partial charge in [-0.15, -0.1) is 0 Å². The van der Waals surface area contributed by atoms with E-state index in [1.165, 1.54) is 0 Å². The molecule has 1 nitrogen and oxygen atoms in total. The van der Waals surface area contributed by atoms with E-state index in [9.17, 15) is 0 Å². The average molecular weight is 307 g/mol. The van der Waals surface area contributed by atoms with E-state index in [1.807, 2.05) is 42.5 Å². The molecule has 0 unspecified atom stereocenters. The molecule has 0 fully saturated rings. The summed E-state index contributed by atoms with van der Waals surface area (Å²) in [5.41, 5.74) is 3.82. The Labute approximate surface area is 114 Å². The highest BCUT2D eigenvalue weighted by atomic mass is 79.9. The molecule has 0 aliphatic rings. The molecule has 0 aliphatic heterocycles. The fraction of sp³-hybridized carbons (Fsp3) is 0.0714. The lowest BCUT2D eigenvalue weighted by Gasteiger charge is -2.06. The van der Waals surface area contributed by atoms with Crippen LogP contribution in [-0.2, 0) is 5.33 Å². The molecule has 2 aromatic rings. The molecule has 0 aromatic heterocycles. The number of halogens is 2. The summed E-state index contributed by atoms with van der Waals surface area (Å²) < 4.78 is 0. The van der Waals surface area contributed by atoms with Crippen molar-refractivity contribution in [1.29, 1.82) is 5.26 Å². The van der Waals surface area contributed by atoms with E-state index >= 15 is 0 Å². The molecule has 2 rings (SSSR count). The second-order valence-electron chi connectivity index (χ2n) is 3.63. The van der Waals surface area contributed by atoms with Gasteiger partial charge in [-0.3, -0.25) is 0 Å². The van der Waals surface area contributed by atoms with Crippen LogP contribution in [0.15, 0.2) is 42.5 Å². The normalized spacial score (nSPS) is 9.94. The van der Waals surface area contributed by atoms with Gasteiger partial charge in [0.15, 0.2) is 0 Å². The number of nitriles is 1. The van der Waals surface area contributed by atoms with Gasteiger partial charge in [-0.25, -0.2) is 0 Å². The van der Waals surface area contributed by atoms with Crippen LogP contribution in [0.5, 0.6) is 0 Å². The van der Waals surface area contributed by atoms with Gasteiger partial charge in [0.1, 0.15) is 0 Å². The Balaban J connectivity index is 2.51. The molecule has 17 heavy (non-hydrogen) atoms. The molecule has 0 bridgehead atoms. The maximum Gasteiger partial charge on any atom is 0.0994 e. The van der Waals surface area contributed by atoms with Crippen LogP contribution in [-0.4, -0.2) is 0 Å². The van der Waals surface area contributed by atoms with E-state index in [1.54, 1.807) is 0 Å². The molecular weight excluding hydrogens is 298 g/mol. The lowest BCUT2D eigenvalue weighted by Crippen LogP contribution is -1.87. The molecule has 0 heterocycles. The standard InChI is InChI=1S/C14H9BrClN/c15-8-13-6-11(4-5-12(13)9-17)10-2-1-3-14(16)7-10/h1-7H,8H2. The van der Waals surface area contributed by atoms with Crippen molar-refractivity contribution in [3.63, 3.8) is 0 Å². The molecule has 0 saturated carbocycles. The highest BCUT2D eigenvalue weighted by Crippen LogP contribution is 2.25. The van der Waals surface area contributed by atoms with Crippen LogP contribution in [0.2, 0.25) is 5.02 Å². The third-order valence-electron chi connectivity index (χ3n) is 2.53. The first kappa shape index (κ1) is 12.2. The molecule has 84 valence electrons. The third-order valence-corrected chi connectivity index (χ3v) is 3.37. The number of rotatable bonds is 2. The predicted molar refractivity (Wildman–Crippen MR) is 74.2 cm³/mol. The molecular formula is C14H9BrClN. The molecule has 0 aliphatic carbocycles. The maximum absolute atomic E-state index is 8.96. The van der Waals surface area contributed by atoms with Gasteiger partial charge in [0, 0.05) is 10.4 Å². The molecule has 0 saturated heterocycles. The van der Waals surface area contributed by atoms with Gasteiger partial charge in [0.05, 0.1) is 11.6 Å². The lowest BCUT2D eigenvalue weighted by atomic mass is 10.0. The first-order valence-corrected chi connectivity index (χ1v) is 6.59. The summed E-state index contributed by atoms with van der Waals surface area (Å²) in [5.74, 6) is 0. The first-order valence-electron chi connectivity index (χ1n) is 5.09. The monoisotopic (exact) mass is 305 g/mol. The highest BCUT2D eigenvalue weighted by molar-refractivity contribution is 9.08. The molecule has 0 atom stereocenters. The lowest BCUT2D eigenvalue weighted by molar-refractivity contribution is 1.37. The molecule has 3 heteroatoms. The van der Waals surface area contributed by atoms with Gasteiger partial charge in [0.25, 0.3) is 0 Å². The smallest absolute Gasteiger partial charge is 0.0994 e. The zero-order chi connectivity index (χ0) is 12.3. The third kappa shape index (κ3) is 2.69. The summed E-state index contributed by atoms with van der Waals surface area (Å²) in [6, 6.07) is 15.7. The van der Waals surface area contributed by atoms with Crippen molar-refractivity contribution < 1.29 is 0 Å². The van der Waals surface area contributed by atoms with Crippen LogP contribution in [0.1, 0.15) is 11.1 Å². The topological polar surface area (TPSA) is 23.8 Å². The Kier molecular flexibility index (Phi) is 3.83. The highest BCUT2D eigenvalue weighted by Gasteiger charge is 2.04.